The summed E-state index contributed by atoms with van der Waals surface area (Å²) in [6.45, 7) is 2.00. The van der Waals surface area contributed by atoms with Gasteiger partial charge in [0.05, 0.1) is 7.11 Å². The van der Waals surface area contributed by atoms with Gasteiger partial charge in [0.25, 0.3) is 0 Å². The van der Waals surface area contributed by atoms with Crippen LogP contribution in [0.1, 0.15) is 31.4 Å². The van der Waals surface area contributed by atoms with Crippen molar-refractivity contribution in [1.82, 2.24) is 0 Å². The van der Waals surface area contributed by atoms with E-state index in [1.54, 1.807) is 7.11 Å². The van der Waals surface area contributed by atoms with Crippen molar-refractivity contribution in [3.8, 4) is 5.75 Å². The van der Waals surface area contributed by atoms with Crippen molar-refractivity contribution in [3.63, 3.8) is 0 Å². The zero-order chi connectivity index (χ0) is 11.3. The average molecular weight is 208 g/mol. The fraction of sp³-hybridized carbons (Fsp3) is 0.500. The second-order valence-electron chi connectivity index (χ2n) is 3.93. The molecule has 0 saturated heterocycles. The summed E-state index contributed by atoms with van der Waals surface area (Å²) in [5.41, 5.74) is 12.9. The predicted octanol–water partition coefficient (Wildman–Crippen LogP) is 1.82. The zero-order valence-electron chi connectivity index (χ0n) is 9.44. The van der Waals surface area contributed by atoms with Crippen LogP contribution in [0.5, 0.6) is 5.75 Å². The Morgan fingerprint density at radius 3 is 2.20 bits per heavy atom. The lowest BCUT2D eigenvalue weighted by molar-refractivity contribution is 0.414. The third-order valence-corrected chi connectivity index (χ3v) is 2.48. The van der Waals surface area contributed by atoms with Crippen molar-refractivity contribution >= 4 is 0 Å². The SMILES string of the molecule is COc1ccc(C(N)CCC(C)N)cc1. The van der Waals surface area contributed by atoms with Crippen LogP contribution in [-0.4, -0.2) is 13.2 Å². The lowest BCUT2D eigenvalue weighted by atomic mass is 10.0. The van der Waals surface area contributed by atoms with E-state index in [9.17, 15) is 0 Å². The number of methoxy groups -OCH3 is 1. The lowest BCUT2D eigenvalue weighted by Gasteiger charge is -2.13. The summed E-state index contributed by atoms with van der Waals surface area (Å²) in [5, 5.41) is 0. The van der Waals surface area contributed by atoms with Gasteiger partial charge in [0.2, 0.25) is 0 Å². The summed E-state index contributed by atoms with van der Waals surface area (Å²) in [6, 6.07) is 8.16. The normalized spacial score (nSPS) is 14.7. The van der Waals surface area contributed by atoms with E-state index in [1.165, 1.54) is 0 Å². The second kappa shape index (κ2) is 5.73. The fourth-order valence-corrected chi connectivity index (χ4v) is 1.46. The number of benzene rings is 1. The third kappa shape index (κ3) is 3.90. The van der Waals surface area contributed by atoms with Gasteiger partial charge in [-0.05, 0) is 37.5 Å². The molecule has 4 N–H and O–H groups in total. The molecule has 0 aliphatic heterocycles. The minimum Gasteiger partial charge on any atom is -0.497 e. The molecule has 0 aliphatic carbocycles. The molecule has 15 heavy (non-hydrogen) atoms. The quantitative estimate of drug-likeness (QED) is 0.776. The van der Waals surface area contributed by atoms with Crippen LogP contribution in [0.4, 0.5) is 0 Å². The van der Waals surface area contributed by atoms with Crippen LogP contribution in [0.3, 0.4) is 0 Å². The van der Waals surface area contributed by atoms with Gasteiger partial charge in [-0.2, -0.15) is 0 Å². The van der Waals surface area contributed by atoms with Gasteiger partial charge in [0.1, 0.15) is 5.75 Å². The second-order valence-corrected chi connectivity index (χ2v) is 3.93. The van der Waals surface area contributed by atoms with E-state index in [0.717, 1.165) is 24.2 Å². The van der Waals surface area contributed by atoms with E-state index in [4.69, 9.17) is 16.2 Å². The number of hydrogen-bond donors (Lipinski definition) is 2. The van der Waals surface area contributed by atoms with Crippen molar-refractivity contribution in [2.75, 3.05) is 7.11 Å². The van der Waals surface area contributed by atoms with Crippen LogP contribution < -0.4 is 16.2 Å². The molecule has 0 aliphatic rings. The maximum atomic E-state index is 6.04. The molecule has 3 heteroatoms. The molecule has 0 aromatic heterocycles. The van der Waals surface area contributed by atoms with E-state index in [2.05, 4.69) is 0 Å². The Morgan fingerprint density at radius 2 is 1.73 bits per heavy atom. The highest BCUT2D eigenvalue weighted by Crippen LogP contribution is 2.19. The van der Waals surface area contributed by atoms with Gasteiger partial charge in [-0.3, -0.25) is 0 Å². The smallest absolute Gasteiger partial charge is 0.118 e. The first-order valence-corrected chi connectivity index (χ1v) is 5.28. The van der Waals surface area contributed by atoms with Crippen LogP contribution in [0.2, 0.25) is 0 Å². The van der Waals surface area contributed by atoms with E-state index in [-0.39, 0.29) is 12.1 Å². The summed E-state index contributed by atoms with van der Waals surface area (Å²) in [7, 11) is 1.66. The van der Waals surface area contributed by atoms with Gasteiger partial charge < -0.3 is 16.2 Å². The first-order chi connectivity index (χ1) is 7.13. The summed E-state index contributed by atoms with van der Waals surface area (Å²) < 4.78 is 5.09. The molecule has 0 spiro atoms. The van der Waals surface area contributed by atoms with E-state index in [0.29, 0.717) is 0 Å². The molecule has 0 fully saturated rings. The standard InChI is InChI=1S/C12H20N2O/c1-9(13)3-8-12(14)10-4-6-11(15-2)7-5-10/h4-7,9,12H,3,8,13-14H2,1-2H3. The van der Waals surface area contributed by atoms with Gasteiger partial charge in [0.15, 0.2) is 0 Å². The first-order valence-electron chi connectivity index (χ1n) is 5.28. The first kappa shape index (κ1) is 12.0. The minimum absolute atomic E-state index is 0.0712. The van der Waals surface area contributed by atoms with Gasteiger partial charge >= 0.3 is 0 Å². The highest BCUT2D eigenvalue weighted by atomic mass is 16.5. The largest absolute Gasteiger partial charge is 0.497 e. The zero-order valence-corrected chi connectivity index (χ0v) is 9.44. The molecule has 0 amide bonds. The molecular formula is C12H20N2O. The molecule has 84 valence electrons. The molecule has 2 unspecified atom stereocenters. The molecule has 0 heterocycles. The lowest BCUT2D eigenvalue weighted by Crippen LogP contribution is -2.18. The van der Waals surface area contributed by atoms with E-state index in [1.807, 2.05) is 31.2 Å². The van der Waals surface area contributed by atoms with Gasteiger partial charge in [-0.1, -0.05) is 12.1 Å². The summed E-state index contributed by atoms with van der Waals surface area (Å²) in [5.74, 6) is 0.859. The average Bonchev–Trinajstić information content (AvgIpc) is 2.26. The van der Waals surface area contributed by atoms with Crippen molar-refractivity contribution in [1.29, 1.82) is 0 Å². The predicted molar refractivity (Wildman–Crippen MR) is 62.8 cm³/mol. The number of hydrogen-bond acceptors (Lipinski definition) is 3. The van der Waals surface area contributed by atoms with Crippen LogP contribution in [0.25, 0.3) is 0 Å². The van der Waals surface area contributed by atoms with E-state index < -0.39 is 0 Å². The Labute approximate surface area is 91.4 Å². The molecule has 0 bridgehead atoms. The van der Waals surface area contributed by atoms with Gasteiger partial charge in [-0.25, -0.2) is 0 Å². The van der Waals surface area contributed by atoms with Crippen LogP contribution >= 0.6 is 0 Å². The topological polar surface area (TPSA) is 61.3 Å². The number of ether oxygens (including phenoxy) is 1. The highest BCUT2D eigenvalue weighted by Gasteiger charge is 2.06. The maximum Gasteiger partial charge on any atom is 0.118 e. The molecule has 1 rings (SSSR count). The molecule has 1 aromatic rings. The number of rotatable bonds is 5. The Hall–Kier alpha value is -1.06. The third-order valence-electron chi connectivity index (χ3n) is 2.48. The monoisotopic (exact) mass is 208 g/mol. The maximum absolute atomic E-state index is 6.04. The minimum atomic E-state index is 0.0712. The Bertz CT molecular complexity index is 282. The fourth-order valence-electron chi connectivity index (χ4n) is 1.46. The molecular weight excluding hydrogens is 188 g/mol. The Morgan fingerprint density at radius 1 is 1.13 bits per heavy atom. The van der Waals surface area contributed by atoms with E-state index >= 15 is 0 Å². The molecule has 0 radical (unpaired) electrons. The Balaban J connectivity index is 2.54. The molecule has 1 aromatic carbocycles. The highest BCUT2D eigenvalue weighted by molar-refractivity contribution is 5.28. The number of nitrogens with two attached hydrogens (primary N) is 2. The van der Waals surface area contributed by atoms with Crippen LogP contribution in [-0.2, 0) is 0 Å². The van der Waals surface area contributed by atoms with Gasteiger partial charge in [-0.15, -0.1) is 0 Å². The van der Waals surface area contributed by atoms with Gasteiger partial charge in [0, 0.05) is 12.1 Å². The van der Waals surface area contributed by atoms with Crippen LogP contribution in [0.15, 0.2) is 24.3 Å². The van der Waals surface area contributed by atoms with Crippen molar-refractivity contribution in [2.24, 2.45) is 11.5 Å². The summed E-state index contributed by atoms with van der Waals surface area (Å²) in [6.07, 6.45) is 1.87. The van der Waals surface area contributed by atoms with Crippen molar-refractivity contribution < 1.29 is 4.74 Å². The Kier molecular flexibility index (Phi) is 4.59. The van der Waals surface area contributed by atoms with Crippen molar-refractivity contribution in [3.05, 3.63) is 29.8 Å². The summed E-state index contributed by atoms with van der Waals surface area (Å²) >= 11 is 0. The summed E-state index contributed by atoms with van der Waals surface area (Å²) in [4.78, 5) is 0. The molecule has 2 atom stereocenters. The van der Waals surface area contributed by atoms with Crippen LogP contribution in [0, 0.1) is 0 Å². The molecule has 3 nitrogen and oxygen atoms in total. The van der Waals surface area contributed by atoms with Crippen molar-refractivity contribution in [2.45, 2.75) is 31.8 Å². The molecule has 0 saturated carbocycles.